The van der Waals surface area contributed by atoms with Crippen molar-refractivity contribution in [1.82, 2.24) is 0 Å². The quantitative estimate of drug-likeness (QED) is 0.422. The first-order valence-corrected chi connectivity index (χ1v) is 6.70. The van der Waals surface area contributed by atoms with Gasteiger partial charge in [0.25, 0.3) is 0 Å². The Labute approximate surface area is 164 Å². The van der Waals surface area contributed by atoms with Crippen LogP contribution in [0.3, 0.4) is 0 Å². The number of halogens is 4. The molecule has 0 bridgehead atoms. The molecule has 1 aromatic rings. The van der Waals surface area contributed by atoms with Gasteiger partial charge in [0.15, 0.2) is 0 Å². The van der Waals surface area contributed by atoms with Gasteiger partial charge in [-0.25, -0.2) is 4.39 Å². The summed E-state index contributed by atoms with van der Waals surface area (Å²) >= 11 is 0. The molecule has 0 amide bonds. The fourth-order valence-electron chi connectivity index (χ4n) is 2.27. The van der Waals surface area contributed by atoms with Gasteiger partial charge in [0.2, 0.25) is 0 Å². The van der Waals surface area contributed by atoms with Gasteiger partial charge >= 0.3 is 58.4 Å². The molecule has 0 aliphatic carbocycles. The molecule has 2 nitrogen and oxygen atoms in total. The molecule has 1 fully saturated rings. The zero-order valence-corrected chi connectivity index (χ0v) is 15.1. The third-order valence-corrected chi connectivity index (χ3v) is 3.28. The maximum Gasteiger partial charge on any atom is 1.00 e. The molecule has 0 aromatic heterocycles. The molecule has 0 spiro atoms. The third kappa shape index (κ3) is 6.19. The summed E-state index contributed by atoms with van der Waals surface area (Å²) in [4.78, 5) is 0. The van der Waals surface area contributed by atoms with Gasteiger partial charge in [-0.3, -0.25) is 0 Å². The predicted octanol–water partition coefficient (Wildman–Crippen LogP) is 0.222. The second kappa shape index (κ2) is 8.88. The van der Waals surface area contributed by atoms with Crippen molar-refractivity contribution >= 4 is 12.4 Å². The van der Waals surface area contributed by atoms with Gasteiger partial charge in [-0.2, -0.15) is 0 Å². The normalized spacial score (nSPS) is 18.4. The first-order valence-electron chi connectivity index (χ1n) is 6.70. The van der Waals surface area contributed by atoms with E-state index in [4.69, 9.17) is 9.47 Å². The standard InChI is InChI=1S/C13H16BF4O2.K/c15-10-5-6-13(12(9-10)14(16,17)18)20-8-2-4-11-3-1-7-19-11;/h5-6,9,11H,1-4,7-8H2;/q-1;+1. The van der Waals surface area contributed by atoms with Crippen LogP contribution in [0.15, 0.2) is 18.2 Å². The number of ether oxygens (including phenoxy) is 2. The number of hydrogen-bond acceptors (Lipinski definition) is 2. The maximum absolute atomic E-state index is 12.9. The van der Waals surface area contributed by atoms with Gasteiger partial charge in [0.05, 0.1) is 18.5 Å². The summed E-state index contributed by atoms with van der Waals surface area (Å²) in [5.74, 6) is -1.21. The fraction of sp³-hybridized carbons (Fsp3) is 0.538. The molecule has 0 saturated carbocycles. The molecule has 21 heavy (non-hydrogen) atoms. The van der Waals surface area contributed by atoms with Crippen LogP contribution in [-0.4, -0.2) is 26.3 Å². The fourth-order valence-corrected chi connectivity index (χ4v) is 2.27. The Morgan fingerprint density at radius 3 is 2.67 bits per heavy atom. The van der Waals surface area contributed by atoms with Gasteiger partial charge in [-0.1, -0.05) is 5.46 Å². The molecular formula is C13H16BF4KO2. The monoisotopic (exact) mass is 330 g/mol. The van der Waals surface area contributed by atoms with Gasteiger partial charge in [-0.05, 0) is 43.9 Å². The second-order valence-electron chi connectivity index (χ2n) is 4.88. The van der Waals surface area contributed by atoms with E-state index in [-0.39, 0.29) is 69.8 Å². The van der Waals surface area contributed by atoms with E-state index >= 15 is 0 Å². The van der Waals surface area contributed by atoms with Crippen molar-refractivity contribution in [2.75, 3.05) is 13.2 Å². The average Bonchev–Trinajstić information content (AvgIpc) is 2.88. The van der Waals surface area contributed by atoms with Gasteiger partial charge in [0.1, 0.15) is 5.82 Å². The van der Waals surface area contributed by atoms with E-state index in [9.17, 15) is 17.3 Å². The van der Waals surface area contributed by atoms with E-state index in [0.717, 1.165) is 38.0 Å². The second-order valence-corrected chi connectivity index (χ2v) is 4.88. The first kappa shape index (κ1) is 19.4. The van der Waals surface area contributed by atoms with Crippen LogP contribution in [0.5, 0.6) is 5.75 Å². The van der Waals surface area contributed by atoms with Crippen LogP contribution in [0.2, 0.25) is 0 Å². The zero-order chi connectivity index (χ0) is 14.6. The zero-order valence-electron chi connectivity index (χ0n) is 12.0. The van der Waals surface area contributed by atoms with E-state index in [2.05, 4.69) is 0 Å². The van der Waals surface area contributed by atoms with Crippen LogP contribution < -0.4 is 61.6 Å². The smallest absolute Gasteiger partial charge is 0.497 e. The minimum absolute atomic E-state index is 0. The summed E-state index contributed by atoms with van der Waals surface area (Å²) in [5.41, 5.74) is -1.01. The Balaban J connectivity index is 0.00000220. The summed E-state index contributed by atoms with van der Waals surface area (Å²) in [6.45, 7) is -4.35. The molecule has 2 rings (SSSR count). The maximum atomic E-state index is 12.9. The number of benzene rings is 1. The molecule has 1 saturated heterocycles. The van der Waals surface area contributed by atoms with Crippen LogP contribution in [0.1, 0.15) is 25.7 Å². The van der Waals surface area contributed by atoms with E-state index in [0.29, 0.717) is 12.5 Å². The summed E-state index contributed by atoms with van der Waals surface area (Å²) in [6.07, 6.45) is 3.61. The molecule has 1 aromatic carbocycles. The van der Waals surface area contributed by atoms with Gasteiger partial charge in [0, 0.05) is 6.61 Å². The summed E-state index contributed by atoms with van der Waals surface area (Å²) < 4.78 is 61.8. The van der Waals surface area contributed by atoms with Crippen LogP contribution in [0.25, 0.3) is 0 Å². The van der Waals surface area contributed by atoms with Crippen LogP contribution in [0, 0.1) is 5.82 Å². The Bertz CT molecular complexity index is 450. The molecule has 1 unspecified atom stereocenters. The molecule has 1 aliphatic heterocycles. The first-order chi connectivity index (χ1) is 9.47. The summed E-state index contributed by atoms with van der Waals surface area (Å²) in [5, 5.41) is 0. The topological polar surface area (TPSA) is 18.5 Å². The molecule has 1 atom stereocenters. The van der Waals surface area contributed by atoms with Crippen molar-refractivity contribution in [2.45, 2.75) is 31.8 Å². The van der Waals surface area contributed by atoms with Crippen molar-refractivity contribution < 1.29 is 78.2 Å². The average molecular weight is 330 g/mol. The Morgan fingerprint density at radius 1 is 1.29 bits per heavy atom. The van der Waals surface area contributed by atoms with E-state index in [1.165, 1.54) is 0 Å². The van der Waals surface area contributed by atoms with Gasteiger partial charge in [-0.15, -0.1) is 0 Å². The van der Waals surface area contributed by atoms with Crippen LogP contribution >= 0.6 is 0 Å². The Morgan fingerprint density at radius 2 is 2.05 bits per heavy atom. The predicted molar refractivity (Wildman–Crippen MR) is 68.8 cm³/mol. The van der Waals surface area contributed by atoms with Gasteiger partial charge < -0.3 is 22.4 Å². The van der Waals surface area contributed by atoms with Crippen LogP contribution in [-0.2, 0) is 4.74 Å². The number of rotatable bonds is 6. The molecule has 112 valence electrons. The Hall–Kier alpha value is 0.401. The summed E-state index contributed by atoms with van der Waals surface area (Å²) in [6, 6.07) is 2.49. The largest absolute Gasteiger partial charge is 1.00 e. The van der Waals surface area contributed by atoms with E-state index in [1.807, 2.05) is 0 Å². The molecule has 8 heteroatoms. The SMILES string of the molecule is Fc1ccc(OCCCC2CCCO2)c([B-](F)(F)F)c1.[K+]. The van der Waals surface area contributed by atoms with E-state index < -0.39 is 18.3 Å². The van der Waals surface area contributed by atoms with E-state index in [1.54, 1.807) is 0 Å². The molecular weight excluding hydrogens is 314 g/mol. The summed E-state index contributed by atoms with van der Waals surface area (Å²) in [7, 11) is 0. The minimum atomic E-state index is -5.28. The molecule has 0 N–H and O–H groups in total. The van der Waals surface area contributed by atoms with Crippen LogP contribution in [0.4, 0.5) is 17.3 Å². The minimum Gasteiger partial charge on any atom is -0.497 e. The van der Waals surface area contributed by atoms with Crippen molar-refractivity contribution in [3.8, 4) is 5.75 Å². The molecule has 0 radical (unpaired) electrons. The Kier molecular flexibility index (Phi) is 8.23. The number of hydrogen-bond donors (Lipinski definition) is 0. The molecule has 1 aliphatic rings. The van der Waals surface area contributed by atoms with Crippen molar-refractivity contribution in [3.05, 3.63) is 24.0 Å². The molecule has 1 heterocycles. The van der Waals surface area contributed by atoms with Crippen molar-refractivity contribution in [2.24, 2.45) is 0 Å². The third-order valence-electron chi connectivity index (χ3n) is 3.28. The van der Waals surface area contributed by atoms with Crippen molar-refractivity contribution in [3.63, 3.8) is 0 Å². The van der Waals surface area contributed by atoms with Crippen molar-refractivity contribution in [1.29, 1.82) is 0 Å².